The standard InChI is InChI=1S/C18H20O6/c1-3-24-17(21)14-15(19)12-5-4-11(22-2)10-13(12)18(16(14)20)6-8-23-9-7-18/h4-5,10,14H,3,6-9H2,1-2H3. The normalized spacial score (nSPS) is 22.2. The molecule has 3 rings (SSSR count). The summed E-state index contributed by atoms with van der Waals surface area (Å²) in [6.45, 7) is 2.60. The van der Waals surface area contributed by atoms with Crippen LogP contribution in [0, 0.1) is 5.92 Å². The molecule has 1 unspecified atom stereocenters. The van der Waals surface area contributed by atoms with E-state index in [0.29, 0.717) is 42.9 Å². The molecule has 1 aromatic rings. The average Bonchev–Trinajstić information content (AvgIpc) is 2.61. The molecule has 24 heavy (non-hydrogen) atoms. The molecule has 1 fully saturated rings. The molecule has 1 saturated heterocycles. The number of ether oxygens (including phenoxy) is 3. The molecule has 6 nitrogen and oxygen atoms in total. The van der Waals surface area contributed by atoms with Crippen LogP contribution in [0.15, 0.2) is 18.2 Å². The van der Waals surface area contributed by atoms with E-state index in [1.165, 1.54) is 7.11 Å². The number of methoxy groups -OCH3 is 1. The summed E-state index contributed by atoms with van der Waals surface area (Å²) in [7, 11) is 1.53. The topological polar surface area (TPSA) is 78.9 Å². The number of hydrogen-bond acceptors (Lipinski definition) is 6. The van der Waals surface area contributed by atoms with Crippen molar-refractivity contribution in [3.05, 3.63) is 29.3 Å². The van der Waals surface area contributed by atoms with E-state index < -0.39 is 23.1 Å². The van der Waals surface area contributed by atoms with Crippen molar-refractivity contribution in [2.45, 2.75) is 25.2 Å². The van der Waals surface area contributed by atoms with Gasteiger partial charge in [0.15, 0.2) is 17.5 Å². The van der Waals surface area contributed by atoms with Crippen molar-refractivity contribution in [2.24, 2.45) is 5.92 Å². The van der Waals surface area contributed by atoms with Crippen molar-refractivity contribution in [1.82, 2.24) is 0 Å². The van der Waals surface area contributed by atoms with Gasteiger partial charge in [-0.15, -0.1) is 0 Å². The Morgan fingerprint density at radius 1 is 1.29 bits per heavy atom. The van der Waals surface area contributed by atoms with Crippen LogP contribution in [-0.2, 0) is 24.5 Å². The first-order valence-electron chi connectivity index (χ1n) is 8.06. The average molecular weight is 332 g/mol. The summed E-state index contributed by atoms with van der Waals surface area (Å²) in [4.78, 5) is 38.2. The fraction of sp³-hybridized carbons (Fsp3) is 0.500. The molecular weight excluding hydrogens is 312 g/mol. The molecular formula is C18H20O6. The second kappa shape index (κ2) is 6.36. The Balaban J connectivity index is 2.17. The molecule has 0 N–H and O–H groups in total. The number of Topliss-reactive ketones (excluding diaryl/α,β-unsaturated/α-hetero) is 2. The molecule has 1 aliphatic carbocycles. The minimum absolute atomic E-state index is 0.126. The van der Waals surface area contributed by atoms with E-state index in [0.717, 1.165) is 0 Å². The van der Waals surface area contributed by atoms with Gasteiger partial charge in [0, 0.05) is 18.8 Å². The molecule has 1 atom stereocenters. The maximum atomic E-state index is 13.2. The first-order valence-corrected chi connectivity index (χ1v) is 8.06. The third kappa shape index (κ3) is 2.41. The highest BCUT2D eigenvalue weighted by molar-refractivity contribution is 6.28. The number of benzene rings is 1. The van der Waals surface area contributed by atoms with Crippen molar-refractivity contribution in [3.8, 4) is 5.75 Å². The lowest BCUT2D eigenvalue weighted by Gasteiger charge is -2.42. The Hall–Kier alpha value is -2.21. The number of ketones is 2. The second-order valence-corrected chi connectivity index (χ2v) is 6.02. The molecule has 1 spiro atoms. The third-order valence-electron chi connectivity index (χ3n) is 4.87. The highest BCUT2D eigenvalue weighted by Gasteiger charge is 2.55. The van der Waals surface area contributed by atoms with Crippen LogP contribution < -0.4 is 4.74 Å². The number of esters is 1. The summed E-state index contributed by atoms with van der Waals surface area (Å²) in [6.07, 6.45) is 0.879. The lowest BCUT2D eigenvalue weighted by atomic mass is 9.61. The smallest absolute Gasteiger partial charge is 0.324 e. The Morgan fingerprint density at radius 3 is 2.62 bits per heavy atom. The molecule has 0 saturated carbocycles. The predicted molar refractivity (Wildman–Crippen MR) is 84.2 cm³/mol. The molecule has 6 heteroatoms. The maximum Gasteiger partial charge on any atom is 0.324 e. The number of carbonyl (C=O) groups excluding carboxylic acids is 3. The molecule has 0 radical (unpaired) electrons. The van der Waals surface area contributed by atoms with E-state index in [1.54, 1.807) is 25.1 Å². The molecule has 1 aromatic carbocycles. The zero-order valence-electron chi connectivity index (χ0n) is 13.8. The minimum Gasteiger partial charge on any atom is -0.497 e. The van der Waals surface area contributed by atoms with E-state index in [2.05, 4.69) is 0 Å². The summed E-state index contributed by atoms with van der Waals surface area (Å²) in [5.41, 5.74) is 0.143. The van der Waals surface area contributed by atoms with Gasteiger partial charge in [-0.3, -0.25) is 14.4 Å². The second-order valence-electron chi connectivity index (χ2n) is 6.02. The fourth-order valence-electron chi connectivity index (χ4n) is 3.62. The maximum absolute atomic E-state index is 13.2. The van der Waals surface area contributed by atoms with Gasteiger partial charge in [-0.1, -0.05) is 0 Å². The fourth-order valence-corrected chi connectivity index (χ4v) is 3.62. The van der Waals surface area contributed by atoms with Crippen molar-refractivity contribution in [1.29, 1.82) is 0 Å². The van der Waals surface area contributed by atoms with E-state index >= 15 is 0 Å². The Bertz CT molecular complexity index is 687. The van der Waals surface area contributed by atoms with E-state index in [4.69, 9.17) is 14.2 Å². The molecule has 1 aliphatic heterocycles. The first-order chi connectivity index (χ1) is 11.5. The van der Waals surface area contributed by atoms with Gasteiger partial charge >= 0.3 is 5.97 Å². The van der Waals surface area contributed by atoms with Crippen LogP contribution in [0.25, 0.3) is 0 Å². The van der Waals surface area contributed by atoms with Crippen LogP contribution in [0.5, 0.6) is 5.75 Å². The molecule has 2 aliphatic rings. The highest BCUT2D eigenvalue weighted by Crippen LogP contribution is 2.45. The molecule has 0 aromatic heterocycles. The van der Waals surface area contributed by atoms with Crippen LogP contribution in [0.3, 0.4) is 0 Å². The lowest BCUT2D eigenvalue weighted by molar-refractivity contribution is -0.152. The highest BCUT2D eigenvalue weighted by atomic mass is 16.5. The van der Waals surface area contributed by atoms with Crippen LogP contribution in [0.2, 0.25) is 0 Å². The Labute approximate surface area is 140 Å². The summed E-state index contributed by atoms with van der Waals surface area (Å²) in [6, 6.07) is 5.03. The van der Waals surface area contributed by atoms with Crippen LogP contribution in [-0.4, -0.2) is 44.5 Å². The summed E-state index contributed by atoms with van der Waals surface area (Å²) < 4.78 is 15.6. The van der Waals surface area contributed by atoms with Gasteiger partial charge in [-0.25, -0.2) is 0 Å². The molecule has 128 valence electrons. The van der Waals surface area contributed by atoms with E-state index in [-0.39, 0.29) is 12.4 Å². The zero-order valence-corrected chi connectivity index (χ0v) is 13.8. The van der Waals surface area contributed by atoms with Crippen molar-refractivity contribution < 1.29 is 28.6 Å². The van der Waals surface area contributed by atoms with Crippen LogP contribution >= 0.6 is 0 Å². The van der Waals surface area contributed by atoms with E-state index in [9.17, 15) is 14.4 Å². The largest absolute Gasteiger partial charge is 0.497 e. The quantitative estimate of drug-likeness (QED) is 0.619. The SMILES string of the molecule is CCOC(=O)C1C(=O)c2ccc(OC)cc2C2(CCOCC2)C1=O. The van der Waals surface area contributed by atoms with Gasteiger partial charge in [0.2, 0.25) is 0 Å². The van der Waals surface area contributed by atoms with Gasteiger partial charge < -0.3 is 14.2 Å². The van der Waals surface area contributed by atoms with Crippen molar-refractivity contribution >= 4 is 17.5 Å². The van der Waals surface area contributed by atoms with Gasteiger partial charge in [0.05, 0.1) is 19.1 Å². The number of fused-ring (bicyclic) bond motifs is 2. The number of carbonyl (C=O) groups is 3. The Kier molecular flexibility index (Phi) is 4.41. The summed E-state index contributed by atoms with van der Waals surface area (Å²) in [5.74, 6) is -2.44. The number of rotatable bonds is 3. The van der Waals surface area contributed by atoms with Gasteiger partial charge in [-0.2, -0.15) is 0 Å². The van der Waals surface area contributed by atoms with Crippen molar-refractivity contribution in [3.63, 3.8) is 0 Å². The minimum atomic E-state index is -1.39. The Morgan fingerprint density at radius 2 is 2.00 bits per heavy atom. The van der Waals surface area contributed by atoms with Crippen molar-refractivity contribution in [2.75, 3.05) is 26.9 Å². The van der Waals surface area contributed by atoms with Gasteiger partial charge in [-0.05, 0) is 43.5 Å². The predicted octanol–water partition coefficient (Wildman–Crippen LogP) is 1.69. The molecule has 0 amide bonds. The molecule has 0 bridgehead atoms. The molecule has 1 heterocycles. The van der Waals surface area contributed by atoms with Crippen LogP contribution in [0.4, 0.5) is 0 Å². The van der Waals surface area contributed by atoms with Crippen LogP contribution in [0.1, 0.15) is 35.7 Å². The lowest BCUT2D eigenvalue weighted by Crippen LogP contribution is -2.53. The summed E-state index contributed by atoms with van der Waals surface area (Å²) in [5, 5.41) is 0. The summed E-state index contributed by atoms with van der Waals surface area (Å²) >= 11 is 0. The first kappa shape index (κ1) is 16.6. The third-order valence-corrected chi connectivity index (χ3v) is 4.87. The number of hydrogen-bond donors (Lipinski definition) is 0. The zero-order chi connectivity index (χ0) is 17.3. The van der Waals surface area contributed by atoms with E-state index in [1.807, 2.05) is 0 Å². The van der Waals surface area contributed by atoms with Gasteiger partial charge in [0.25, 0.3) is 0 Å². The van der Waals surface area contributed by atoms with Gasteiger partial charge in [0.1, 0.15) is 5.75 Å². The monoisotopic (exact) mass is 332 g/mol.